The Morgan fingerprint density at radius 2 is 1.68 bits per heavy atom. The number of rotatable bonds is 9. The number of benzene rings is 3. The number of fused-ring (bicyclic) bond motifs is 1. The summed E-state index contributed by atoms with van der Waals surface area (Å²) >= 11 is 0. The van der Waals surface area contributed by atoms with Gasteiger partial charge in [0.1, 0.15) is 5.82 Å². The van der Waals surface area contributed by atoms with Gasteiger partial charge in [-0.3, -0.25) is 9.52 Å². The molecule has 4 N–H and O–H groups in total. The van der Waals surface area contributed by atoms with E-state index in [4.69, 9.17) is 9.72 Å². The van der Waals surface area contributed by atoms with Gasteiger partial charge in [-0.25, -0.2) is 13.4 Å². The van der Waals surface area contributed by atoms with Gasteiger partial charge < -0.3 is 25.4 Å². The second-order valence-electron chi connectivity index (χ2n) is 11.9. The molecule has 11 nitrogen and oxygen atoms in total. The maximum atomic E-state index is 13.5. The van der Waals surface area contributed by atoms with Crippen molar-refractivity contribution >= 4 is 55.5 Å². The Morgan fingerprint density at radius 3 is 2.34 bits per heavy atom. The number of methoxy groups -OCH3 is 1. The monoisotopic (exact) mass is 618 g/mol. The lowest BCUT2D eigenvalue weighted by atomic mass is 9.86. The molecule has 232 valence electrons. The second kappa shape index (κ2) is 12.3. The minimum Gasteiger partial charge on any atom is -0.492 e. The number of sulfonamides is 1. The Morgan fingerprint density at radius 1 is 1.00 bits per heavy atom. The smallest absolute Gasteiger partial charge is 0.257 e. The first kappa shape index (κ1) is 31.0. The van der Waals surface area contributed by atoms with Crippen LogP contribution in [0.1, 0.15) is 50.8 Å². The molecule has 1 aliphatic heterocycles. The molecular formula is C32H38N6O5S. The fourth-order valence-corrected chi connectivity index (χ4v) is 5.84. The van der Waals surface area contributed by atoms with E-state index in [1.807, 2.05) is 45.0 Å². The van der Waals surface area contributed by atoms with E-state index in [1.54, 1.807) is 36.5 Å². The summed E-state index contributed by atoms with van der Waals surface area (Å²) in [5, 5.41) is 18.9. The van der Waals surface area contributed by atoms with Crippen molar-refractivity contribution in [2.24, 2.45) is 0 Å². The topological polar surface area (TPSA) is 146 Å². The Labute approximate surface area is 257 Å². The van der Waals surface area contributed by atoms with Crippen molar-refractivity contribution < 1.29 is 23.1 Å². The van der Waals surface area contributed by atoms with Crippen LogP contribution >= 0.6 is 0 Å². The van der Waals surface area contributed by atoms with E-state index < -0.39 is 22.0 Å². The number of amides is 1. The van der Waals surface area contributed by atoms with Gasteiger partial charge in [0.25, 0.3) is 5.91 Å². The zero-order chi connectivity index (χ0) is 31.6. The van der Waals surface area contributed by atoms with E-state index in [1.165, 1.54) is 7.11 Å². The number of hydrogen-bond donors (Lipinski definition) is 4. The van der Waals surface area contributed by atoms with Crippen LogP contribution in [-0.4, -0.2) is 55.9 Å². The third-order valence-electron chi connectivity index (χ3n) is 7.51. The molecule has 1 aliphatic rings. The number of anilines is 5. The summed E-state index contributed by atoms with van der Waals surface area (Å²) in [6.45, 7) is 7.77. The number of aliphatic hydroxyl groups excluding tert-OH is 1. The molecule has 5 rings (SSSR count). The summed E-state index contributed by atoms with van der Waals surface area (Å²) in [5.74, 6) is 0.756. The first-order chi connectivity index (χ1) is 20.8. The Bertz CT molecular complexity index is 1800. The van der Waals surface area contributed by atoms with E-state index in [9.17, 15) is 18.3 Å². The standard InChI is InChI=1S/C32H38N6O5S/c1-32(2,3)20-18-25(29(43-4)26(19-20)37-44(5,41)42)35-30(40)28(39)23-12-13-24(22-11-7-6-10-21(22)23)34-27-14-15-33-31(36-27)38-16-8-9-17-38/h6-7,10-15,18-19,28,37,39H,8-9,16-17H2,1-5H3,(H,35,40)(H,33,34,36). The SMILES string of the molecule is COc1c(NC(=O)C(O)c2ccc(Nc3ccnc(N4CCCC4)n3)c3ccccc23)cc(C(C)(C)C)cc1NS(C)(=O)=O. The van der Waals surface area contributed by atoms with Crippen molar-refractivity contribution in [1.29, 1.82) is 0 Å². The van der Waals surface area contributed by atoms with E-state index in [0.29, 0.717) is 22.7 Å². The number of nitrogens with zero attached hydrogens (tertiary/aromatic N) is 3. The van der Waals surface area contributed by atoms with Gasteiger partial charge in [0.15, 0.2) is 11.9 Å². The minimum atomic E-state index is -3.64. The van der Waals surface area contributed by atoms with Gasteiger partial charge >= 0.3 is 0 Å². The zero-order valence-corrected chi connectivity index (χ0v) is 26.3. The van der Waals surface area contributed by atoms with Crippen LogP contribution in [0.2, 0.25) is 0 Å². The third-order valence-corrected chi connectivity index (χ3v) is 8.10. The van der Waals surface area contributed by atoms with Crippen LogP contribution in [0, 0.1) is 0 Å². The first-order valence-electron chi connectivity index (χ1n) is 14.4. The summed E-state index contributed by atoms with van der Waals surface area (Å²) in [5.41, 5.74) is 1.97. The highest BCUT2D eigenvalue weighted by atomic mass is 32.2. The molecule has 1 unspecified atom stereocenters. The maximum Gasteiger partial charge on any atom is 0.257 e. The molecule has 1 amide bonds. The number of ether oxygens (including phenoxy) is 1. The molecule has 1 aromatic heterocycles. The van der Waals surface area contributed by atoms with Crippen LogP contribution in [0.25, 0.3) is 10.8 Å². The van der Waals surface area contributed by atoms with Crippen LogP contribution in [0.3, 0.4) is 0 Å². The van der Waals surface area contributed by atoms with E-state index >= 15 is 0 Å². The Balaban J connectivity index is 1.46. The number of nitrogens with one attached hydrogen (secondary N) is 3. The normalized spacial score (nSPS) is 14.4. The Hall–Kier alpha value is -4.42. The van der Waals surface area contributed by atoms with Gasteiger partial charge in [0.2, 0.25) is 16.0 Å². The van der Waals surface area contributed by atoms with Gasteiger partial charge in [0, 0.05) is 30.4 Å². The summed E-state index contributed by atoms with van der Waals surface area (Å²) < 4.78 is 32.2. The summed E-state index contributed by atoms with van der Waals surface area (Å²) in [7, 11) is -2.26. The average molecular weight is 619 g/mol. The van der Waals surface area contributed by atoms with Crippen molar-refractivity contribution in [2.75, 3.05) is 46.7 Å². The van der Waals surface area contributed by atoms with Gasteiger partial charge in [-0.1, -0.05) is 51.1 Å². The predicted molar refractivity (Wildman–Crippen MR) is 174 cm³/mol. The maximum absolute atomic E-state index is 13.5. The predicted octanol–water partition coefficient (Wildman–Crippen LogP) is 5.32. The molecule has 1 saturated heterocycles. The highest BCUT2D eigenvalue weighted by Crippen LogP contribution is 2.40. The Kier molecular flexibility index (Phi) is 8.66. The third kappa shape index (κ3) is 6.87. The van der Waals surface area contributed by atoms with Crippen molar-refractivity contribution in [3.8, 4) is 5.75 Å². The van der Waals surface area contributed by atoms with Gasteiger partial charge in [-0.15, -0.1) is 0 Å². The summed E-state index contributed by atoms with van der Waals surface area (Å²) in [4.78, 5) is 24.8. The minimum absolute atomic E-state index is 0.131. The molecule has 0 aliphatic carbocycles. The lowest BCUT2D eigenvalue weighted by Crippen LogP contribution is -2.23. The molecule has 2 heterocycles. The molecule has 0 spiro atoms. The lowest BCUT2D eigenvalue weighted by Gasteiger charge is -2.24. The number of hydrogen-bond acceptors (Lipinski definition) is 9. The first-order valence-corrected chi connectivity index (χ1v) is 16.3. The van der Waals surface area contributed by atoms with Crippen molar-refractivity contribution in [3.63, 3.8) is 0 Å². The molecule has 1 fully saturated rings. The number of carbonyl (C=O) groups is 1. The number of aromatic nitrogens is 2. The zero-order valence-electron chi connectivity index (χ0n) is 25.5. The summed E-state index contributed by atoms with van der Waals surface area (Å²) in [6, 6.07) is 16.2. The molecule has 1 atom stereocenters. The quantitative estimate of drug-likeness (QED) is 0.196. The van der Waals surface area contributed by atoms with E-state index in [0.717, 1.165) is 48.8 Å². The molecule has 0 radical (unpaired) electrons. The van der Waals surface area contributed by atoms with Gasteiger partial charge in [-0.2, -0.15) is 4.98 Å². The van der Waals surface area contributed by atoms with Crippen LogP contribution < -0.4 is 25.0 Å². The highest BCUT2D eigenvalue weighted by molar-refractivity contribution is 7.92. The molecular weight excluding hydrogens is 580 g/mol. The lowest BCUT2D eigenvalue weighted by molar-refractivity contribution is -0.124. The fraction of sp³-hybridized carbons (Fsp3) is 0.344. The van der Waals surface area contributed by atoms with Gasteiger partial charge in [0.05, 0.1) is 24.7 Å². The van der Waals surface area contributed by atoms with E-state index in [-0.39, 0.29) is 22.5 Å². The molecule has 0 saturated carbocycles. The van der Waals surface area contributed by atoms with Crippen LogP contribution in [0.15, 0.2) is 60.8 Å². The largest absolute Gasteiger partial charge is 0.492 e. The number of aliphatic hydroxyl groups is 1. The number of carbonyl (C=O) groups excluding carboxylic acids is 1. The second-order valence-corrected chi connectivity index (χ2v) is 13.7. The highest BCUT2D eigenvalue weighted by Gasteiger charge is 2.26. The van der Waals surface area contributed by atoms with Crippen LogP contribution in [0.5, 0.6) is 5.75 Å². The fourth-order valence-electron chi connectivity index (χ4n) is 5.29. The van der Waals surface area contributed by atoms with Gasteiger partial charge in [-0.05, 0) is 59.0 Å². The van der Waals surface area contributed by atoms with E-state index in [2.05, 4.69) is 25.2 Å². The van der Waals surface area contributed by atoms with Crippen LogP contribution in [-0.2, 0) is 20.2 Å². The molecule has 4 aromatic rings. The van der Waals surface area contributed by atoms with Crippen molar-refractivity contribution in [3.05, 3.63) is 71.9 Å². The van der Waals surface area contributed by atoms with Crippen LogP contribution in [0.4, 0.5) is 28.8 Å². The van der Waals surface area contributed by atoms with Crippen molar-refractivity contribution in [1.82, 2.24) is 9.97 Å². The van der Waals surface area contributed by atoms with Crippen molar-refractivity contribution in [2.45, 2.75) is 45.1 Å². The molecule has 12 heteroatoms. The molecule has 3 aromatic carbocycles. The average Bonchev–Trinajstić information content (AvgIpc) is 3.51. The summed E-state index contributed by atoms with van der Waals surface area (Å²) in [6.07, 6.45) is 3.48. The molecule has 44 heavy (non-hydrogen) atoms. The molecule has 0 bridgehead atoms.